The van der Waals surface area contributed by atoms with Gasteiger partial charge in [0.1, 0.15) is 0 Å². The van der Waals surface area contributed by atoms with Crippen molar-refractivity contribution < 1.29 is 23.0 Å². The number of aromatic hydroxyl groups is 1. The van der Waals surface area contributed by atoms with Crippen molar-refractivity contribution in [2.24, 2.45) is 5.10 Å². The molecule has 0 unspecified atom stereocenters. The van der Waals surface area contributed by atoms with Crippen LogP contribution in [0.5, 0.6) is 17.2 Å². The SMILES string of the molecule is COc1cc(/C=N/NS(=O)(=O)c2ccc(Cl)c(Cl)c2)cc(OC)c1O. The molecule has 2 N–H and O–H groups in total. The molecule has 0 saturated carbocycles. The van der Waals surface area contributed by atoms with Gasteiger partial charge in [-0.1, -0.05) is 23.2 Å². The zero-order valence-electron chi connectivity index (χ0n) is 13.2. The first-order valence-electron chi connectivity index (χ1n) is 6.73. The van der Waals surface area contributed by atoms with Crippen molar-refractivity contribution in [2.45, 2.75) is 4.90 Å². The third-order valence-electron chi connectivity index (χ3n) is 3.09. The molecule has 10 heteroatoms. The molecule has 7 nitrogen and oxygen atoms in total. The number of methoxy groups -OCH3 is 2. The fraction of sp³-hybridized carbons (Fsp3) is 0.133. The molecule has 0 aliphatic heterocycles. The fourth-order valence-electron chi connectivity index (χ4n) is 1.86. The number of benzene rings is 2. The number of hydrogen-bond acceptors (Lipinski definition) is 6. The first kappa shape index (κ1) is 19.2. The Balaban J connectivity index is 2.23. The lowest BCUT2D eigenvalue weighted by atomic mass is 10.2. The second-order valence-electron chi connectivity index (χ2n) is 4.70. The molecule has 0 aliphatic carbocycles. The van der Waals surface area contributed by atoms with Gasteiger partial charge in [0.25, 0.3) is 10.0 Å². The maximum Gasteiger partial charge on any atom is 0.276 e. The topological polar surface area (TPSA) is 97.2 Å². The van der Waals surface area contributed by atoms with Crippen LogP contribution in [0, 0.1) is 0 Å². The van der Waals surface area contributed by atoms with E-state index in [1.165, 1.54) is 50.8 Å². The molecular weight excluding hydrogens is 391 g/mol. The van der Waals surface area contributed by atoms with Crippen LogP contribution >= 0.6 is 23.2 Å². The molecule has 25 heavy (non-hydrogen) atoms. The van der Waals surface area contributed by atoms with Gasteiger partial charge in [0.05, 0.1) is 35.4 Å². The fourth-order valence-corrected chi connectivity index (χ4v) is 3.04. The van der Waals surface area contributed by atoms with E-state index < -0.39 is 10.0 Å². The lowest BCUT2D eigenvalue weighted by molar-refractivity contribution is 0.340. The van der Waals surface area contributed by atoms with Gasteiger partial charge in [-0.15, -0.1) is 0 Å². The quantitative estimate of drug-likeness (QED) is 0.569. The number of phenols is 1. The van der Waals surface area contributed by atoms with E-state index in [-0.39, 0.29) is 32.2 Å². The number of nitrogens with one attached hydrogen (secondary N) is 1. The summed E-state index contributed by atoms with van der Waals surface area (Å²) in [6.45, 7) is 0. The Labute approximate surface area is 154 Å². The van der Waals surface area contributed by atoms with E-state index in [1.807, 2.05) is 0 Å². The van der Waals surface area contributed by atoms with E-state index in [2.05, 4.69) is 9.93 Å². The third-order valence-corrected chi connectivity index (χ3v) is 5.05. The Morgan fingerprint density at radius 2 is 1.68 bits per heavy atom. The van der Waals surface area contributed by atoms with Crippen molar-refractivity contribution in [2.75, 3.05) is 14.2 Å². The second kappa shape index (κ2) is 7.81. The second-order valence-corrected chi connectivity index (χ2v) is 7.18. The smallest absolute Gasteiger partial charge is 0.276 e. The van der Waals surface area contributed by atoms with Gasteiger partial charge in [0.2, 0.25) is 5.75 Å². The van der Waals surface area contributed by atoms with Gasteiger partial charge < -0.3 is 14.6 Å². The summed E-state index contributed by atoms with van der Waals surface area (Å²) in [5, 5.41) is 13.9. The van der Waals surface area contributed by atoms with Crippen LogP contribution in [0.25, 0.3) is 0 Å². The van der Waals surface area contributed by atoms with E-state index in [9.17, 15) is 13.5 Å². The molecule has 0 radical (unpaired) electrons. The van der Waals surface area contributed by atoms with Crippen LogP contribution in [-0.4, -0.2) is 34.0 Å². The van der Waals surface area contributed by atoms with E-state index in [4.69, 9.17) is 32.7 Å². The van der Waals surface area contributed by atoms with E-state index in [0.717, 1.165) is 0 Å². The number of sulfonamides is 1. The van der Waals surface area contributed by atoms with Gasteiger partial charge in [-0.2, -0.15) is 13.5 Å². The minimum atomic E-state index is -3.91. The average molecular weight is 405 g/mol. The Hall–Kier alpha value is -2.16. The molecule has 0 heterocycles. The highest BCUT2D eigenvalue weighted by Gasteiger charge is 2.15. The minimum Gasteiger partial charge on any atom is -0.502 e. The largest absolute Gasteiger partial charge is 0.502 e. The van der Waals surface area contributed by atoms with Crippen LogP contribution in [0.3, 0.4) is 0 Å². The number of nitrogens with zero attached hydrogens (tertiary/aromatic N) is 1. The molecule has 2 rings (SSSR count). The molecule has 0 atom stereocenters. The van der Waals surface area contributed by atoms with Gasteiger partial charge in [0, 0.05) is 5.56 Å². The highest BCUT2D eigenvalue weighted by atomic mass is 35.5. The van der Waals surface area contributed by atoms with Gasteiger partial charge >= 0.3 is 0 Å². The highest BCUT2D eigenvalue weighted by Crippen LogP contribution is 2.36. The summed E-state index contributed by atoms with van der Waals surface area (Å²) >= 11 is 11.6. The number of rotatable bonds is 6. The molecule has 0 saturated heterocycles. The van der Waals surface area contributed by atoms with E-state index in [1.54, 1.807) is 0 Å². The Kier molecular flexibility index (Phi) is 5.99. The zero-order chi connectivity index (χ0) is 18.6. The van der Waals surface area contributed by atoms with Crippen molar-refractivity contribution in [1.29, 1.82) is 0 Å². The summed E-state index contributed by atoms with van der Waals surface area (Å²) in [5.74, 6) is 0.153. The Morgan fingerprint density at radius 3 is 2.20 bits per heavy atom. The van der Waals surface area contributed by atoms with Gasteiger partial charge in [0.15, 0.2) is 11.5 Å². The summed E-state index contributed by atoms with van der Waals surface area (Å²) in [6, 6.07) is 6.83. The minimum absolute atomic E-state index is 0.0834. The van der Waals surface area contributed by atoms with Gasteiger partial charge in [-0.25, -0.2) is 4.83 Å². The first-order chi connectivity index (χ1) is 11.8. The number of phenolic OH excluding ortho intramolecular Hbond substituents is 1. The van der Waals surface area contributed by atoms with Crippen molar-refractivity contribution in [3.63, 3.8) is 0 Å². The summed E-state index contributed by atoms with van der Waals surface area (Å²) in [4.78, 5) is 1.97. The zero-order valence-corrected chi connectivity index (χ0v) is 15.5. The molecule has 0 fully saturated rings. The summed E-state index contributed by atoms with van der Waals surface area (Å²) in [6.07, 6.45) is 1.24. The lowest BCUT2D eigenvalue weighted by Gasteiger charge is -2.09. The Morgan fingerprint density at radius 1 is 1.08 bits per heavy atom. The van der Waals surface area contributed by atoms with Crippen LogP contribution in [0.2, 0.25) is 10.0 Å². The summed E-state index contributed by atoms with van der Waals surface area (Å²) < 4.78 is 34.4. The summed E-state index contributed by atoms with van der Waals surface area (Å²) in [7, 11) is -1.16. The molecule has 0 spiro atoms. The average Bonchev–Trinajstić information content (AvgIpc) is 2.58. The predicted octanol–water partition coefficient (Wildman–Crippen LogP) is 3.03. The molecule has 0 bridgehead atoms. The van der Waals surface area contributed by atoms with Crippen LogP contribution in [0.1, 0.15) is 5.56 Å². The molecule has 2 aromatic carbocycles. The highest BCUT2D eigenvalue weighted by molar-refractivity contribution is 7.89. The predicted molar refractivity (Wildman–Crippen MR) is 95.6 cm³/mol. The normalized spacial score (nSPS) is 11.5. The molecule has 0 aromatic heterocycles. The monoisotopic (exact) mass is 404 g/mol. The first-order valence-corrected chi connectivity index (χ1v) is 8.97. The van der Waals surface area contributed by atoms with Gasteiger partial charge in [-0.05, 0) is 30.3 Å². The molecule has 0 amide bonds. The standard InChI is InChI=1S/C15H14Cl2N2O5S/c1-23-13-5-9(6-14(24-2)15(13)20)8-18-19-25(21,22)10-3-4-11(16)12(17)7-10/h3-8,19-20H,1-2H3/b18-8+. The van der Waals surface area contributed by atoms with Crippen molar-refractivity contribution in [3.8, 4) is 17.2 Å². The number of hydrogen-bond donors (Lipinski definition) is 2. The van der Waals surface area contributed by atoms with Crippen LogP contribution in [-0.2, 0) is 10.0 Å². The van der Waals surface area contributed by atoms with Crippen LogP contribution < -0.4 is 14.3 Å². The summed E-state index contributed by atoms with van der Waals surface area (Å²) in [5.41, 5.74) is 0.448. The third kappa shape index (κ3) is 4.47. The number of ether oxygens (including phenoxy) is 2. The Bertz CT molecular complexity index is 891. The van der Waals surface area contributed by atoms with E-state index >= 15 is 0 Å². The van der Waals surface area contributed by atoms with Crippen molar-refractivity contribution in [1.82, 2.24) is 4.83 Å². The maximum atomic E-state index is 12.2. The van der Waals surface area contributed by atoms with Crippen molar-refractivity contribution >= 4 is 39.4 Å². The van der Waals surface area contributed by atoms with Crippen molar-refractivity contribution in [3.05, 3.63) is 45.9 Å². The van der Waals surface area contributed by atoms with Gasteiger partial charge in [-0.3, -0.25) is 0 Å². The van der Waals surface area contributed by atoms with E-state index in [0.29, 0.717) is 5.56 Å². The maximum absolute atomic E-state index is 12.2. The lowest BCUT2D eigenvalue weighted by Crippen LogP contribution is -2.18. The molecule has 0 aliphatic rings. The molecule has 134 valence electrons. The number of halogens is 2. The molecular formula is C15H14Cl2N2O5S. The molecule has 2 aromatic rings. The number of hydrazone groups is 1. The van der Waals surface area contributed by atoms with Crippen LogP contribution in [0.15, 0.2) is 40.3 Å². The van der Waals surface area contributed by atoms with Crippen LogP contribution in [0.4, 0.5) is 0 Å².